The molecule has 6 nitrogen and oxygen atoms in total. The Labute approximate surface area is 136 Å². The molecule has 0 aliphatic rings. The molecule has 0 unspecified atom stereocenters. The van der Waals surface area contributed by atoms with Gasteiger partial charge in [-0.1, -0.05) is 44.2 Å². The topological polar surface area (TPSA) is 84.5 Å². The molecule has 1 atom stereocenters. The highest BCUT2D eigenvalue weighted by molar-refractivity contribution is 5.85. The third-order valence-electron chi connectivity index (χ3n) is 3.05. The number of carbonyl (C=O) groups excluding carboxylic acids is 3. The maximum absolute atomic E-state index is 12.1. The Kier molecular flexibility index (Phi) is 8.42. The summed E-state index contributed by atoms with van der Waals surface area (Å²) in [6, 6.07) is 8.60. The van der Waals surface area contributed by atoms with E-state index in [0.717, 1.165) is 5.56 Å². The SMILES string of the molecule is CC(C)C[C@H](NC(=O)OCc1ccccc1)C(=O)NCC[C]=O. The third-order valence-corrected chi connectivity index (χ3v) is 3.05. The van der Waals surface area contributed by atoms with E-state index in [1.165, 1.54) is 0 Å². The van der Waals surface area contributed by atoms with E-state index in [9.17, 15) is 14.4 Å². The first-order chi connectivity index (χ1) is 11.0. The van der Waals surface area contributed by atoms with E-state index in [2.05, 4.69) is 10.6 Å². The van der Waals surface area contributed by atoms with Crippen molar-refractivity contribution in [3.8, 4) is 0 Å². The normalized spacial score (nSPS) is 11.6. The molecule has 0 heterocycles. The first-order valence-corrected chi connectivity index (χ1v) is 7.63. The van der Waals surface area contributed by atoms with Crippen molar-refractivity contribution in [1.29, 1.82) is 0 Å². The number of carbonyl (C=O) groups is 2. The minimum atomic E-state index is -0.690. The second-order valence-corrected chi connectivity index (χ2v) is 5.57. The maximum atomic E-state index is 12.1. The summed E-state index contributed by atoms with van der Waals surface area (Å²) < 4.78 is 5.12. The number of ether oxygens (including phenoxy) is 1. The van der Waals surface area contributed by atoms with Gasteiger partial charge in [0, 0.05) is 13.0 Å². The summed E-state index contributed by atoms with van der Waals surface area (Å²) in [6.07, 6.45) is 1.67. The van der Waals surface area contributed by atoms with Crippen molar-refractivity contribution in [2.24, 2.45) is 5.92 Å². The molecule has 1 radical (unpaired) electrons. The van der Waals surface area contributed by atoms with Crippen molar-refractivity contribution < 1.29 is 19.1 Å². The van der Waals surface area contributed by atoms with Crippen molar-refractivity contribution >= 4 is 18.3 Å². The van der Waals surface area contributed by atoms with Gasteiger partial charge in [0.2, 0.25) is 5.91 Å². The van der Waals surface area contributed by atoms with E-state index in [1.807, 2.05) is 44.2 Å². The third kappa shape index (κ3) is 7.99. The molecule has 0 spiro atoms. The summed E-state index contributed by atoms with van der Waals surface area (Å²) in [7, 11) is 0. The molecule has 1 rings (SSSR count). The molecule has 23 heavy (non-hydrogen) atoms. The lowest BCUT2D eigenvalue weighted by Crippen LogP contribution is -2.47. The molecule has 125 valence electrons. The zero-order valence-corrected chi connectivity index (χ0v) is 13.5. The summed E-state index contributed by atoms with van der Waals surface area (Å²) in [5.41, 5.74) is 0.869. The van der Waals surface area contributed by atoms with Crippen LogP contribution in [0.5, 0.6) is 0 Å². The molecule has 0 fully saturated rings. The van der Waals surface area contributed by atoms with E-state index < -0.39 is 12.1 Å². The zero-order chi connectivity index (χ0) is 17.1. The van der Waals surface area contributed by atoms with E-state index in [4.69, 9.17) is 4.74 Å². The number of nitrogens with one attached hydrogen (secondary N) is 2. The summed E-state index contributed by atoms with van der Waals surface area (Å²) in [6.45, 7) is 4.26. The van der Waals surface area contributed by atoms with Crippen LogP contribution in [0.4, 0.5) is 4.79 Å². The quantitative estimate of drug-likeness (QED) is 0.681. The Hall–Kier alpha value is -2.37. The van der Waals surface area contributed by atoms with Crippen LogP contribution < -0.4 is 10.6 Å². The van der Waals surface area contributed by atoms with Gasteiger partial charge in [-0.2, -0.15) is 0 Å². The number of amides is 2. The average Bonchev–Trinajstić information content (AvgIpc) is 2.53. The lowest BCUT2D eigenvalue weighted by molar-refractivity contribution is -0.123. The summed E-state index contributed by atoms with van der Waals surface area (Å²) in [4.78, 5) is 34.1. The van der Waals surface area contributed by atoms with Crippen molar-refractivity contribution in [1.82, 2.24) is 10.6 Å². The van der Waals surface area contributed by atoms with Gasteiger partial charge in [0.25, 0.3) is 0 Å². The molecule has 1 aromatic rings. The van der Waals surface area contributed by atoms with Crippen LogP contribution >= 0.6 is 0 Å². The minimum Gasteiger partial charge on any atom is -0.445 e. The predicted octanol–water partition coefficient (Wildman–Crippen LogP) is 1.94. The number of hydrogen-bond donors (Lipinski definition) is 2. The second kappa shape index (κ2) is 10.4. The van der Waals surface area contributed by atoms with Crippen molar-refractivity contribution in [3.63, 3.8) is 0 Å². The molecule has 0 saturated carbocycles. The first-order valence-electron chi connectivity index (χ1n) is 7.63. The van der Waals surface area contributed by atoms with E-state index in [1.54, 1.807) is 6.29 Å². The maximum Gasteiger partial charge on any atom is 0.408 e. The lowest BCUT2D eigenvalue weighted by atomic mass is 10.0. The fourth-order valence-corrected chi connectivity index (χ4v) is 1.97. The Bertz CT molecular complexity index is 503. The molecule has 2 amide bonds. The van der Waals surface area contributed by atoms with Gasteiger partial charge in [0.05, 0.1) is 0 Å². The Morgan fingerprint density at radius 3 is 2.52 bits per heavy atom. The van der Waals surface area contributed by atoms with Gasteiger partial charge in [0.1, 0.15) is 12.6 Å². The summed E-state index contributed by atoms with van der Waals surface area (Å²) in [5.74, 6) is -0.108. The smallest absolute Gasteiger partial charge is 0.408 e. The highest BCUT2D eigenvalue weighted by atomic mass is 16.5. The van der Waals surface area contributed by atoms with E-state index in [0.29, 0.717) is 6.42 Å². The van der Waals surface area contributed by atoms with Gasteiger partial charge in [0.15, 0.2) is 6.29 Å². The molecule has 0 aliphatic carbocycles. The predicted molar refractivity (Wildman–Crippen MR) is 86.3 cm³/mol. The molecule has 0 aromatic heterocycles. The van der Waals surface area contributed by atoms with Gasteiger partial charge >= 0.3 is 6.09 Å². The largest absolute Gasteiger partial charge is 0.445 e. The lowest BCUT2D eigenvalue weighted by Gasteiger charge is -2.19. The highest BCUT2D eigenvalue weighted by Crippen LogP contribution is 2.06. The van der Waals surface area contributed by atoms with Crippen LogP contribution in [0.2, 0.25) is 0 Å². The van der Waals surface area contributed by atoms with Crippen LogP contribution in [0.15, 0.2) is 30.3 Å². The monoisotopic (exact) mass is 319 g/mol. The fourth-order valence-electron chi connectivity index (χ4n) is 1.97. The van der Waals surface area contributed by atoms with Gasteiger partial charge in [-0.25, -0.2) is 4.79 Å². The van der Waals surface area contributed by atoms with Crippen LogP contribution in [0, 0.1) is 5.92 Å². The van der Waals surface area contributed by atoms with Crippen LogP contribution in [-0.2, 0) is 20.9 Å². The van der Waals surface area contributed by atoms with Gasteiger partial charge in [-0.05, 0) is 17.9 Å². The first kappa shape index (κ1) is 18.7. The van der Waals surface area contributed by atoms with Crippen molar-refractivity contribution in [3.05, 3.63) is 35.9 Å². The second-order valence-electron chi connectivity index (χ2n) is 5.57. The molecule has 2 N–H and O–H groups in total. The van der Waals surface area contributed by atoms with Crippen LogP contribution in [0.1, 0.15) is 32.3 Å². The highest BCUT2D eigenvalue weighted by Gasteiger charge is 2.22. The van der Waals surface area contributed by atoms with Gasteiger partial charge in [-0.15, -0.1) is 0 Å². The fraction of sp³-hybridized carbons (Fsp3) is 0.471. The molecular weight excluding hydrogens is 296 g/mol. The van der Waals surface area contributed by atoms with E-state index >= 15 is 0 Å². The van der Waals surface area contributed by atoms with Crippen LogP contribution in [0.3, 0.4) is 0 Å². The standard InChI is InChI=1S/C17H23N2O4/c1-13(2)11-15(16(21)18-9-6-10-20)19-17(22)23-12-14-7-4-3-5-8-14/h3-5,7-8,13,15H,6,9,11-12H2,1-2H3,(H,18,21)(H,19,22)/t15-/m0/s1. The van der Waals surface area contributed by atoms with Crippen LogP contribution in [-0.4, -0.2) is 30.9 Å². The number of rotatable bonds is 9. The average molecular weight is 319 g/mol. The molecular formula is C17H23N2O4. The van der Waals surface area contributed by atoms with Crippen LogP contribution in [0.25, 0.3) is 0 Å². The summed E-state index contributed by atoms with van der Waals surface area (Å²) in [5, 5.41) is 5.17. The molecule has 0 saturated heterocycles. The van der Waals surface area contributed by atoms with Crippen molar-refractivity contribution in [2.45, 2.75) is 39.3 Å². The Balaban J connectivity index is 2.49. The molecule has 0 bridgehead atoms. The minimum absolute atomic E-state index is 0.124. The van der Waals surface area contributed by atoms with Crippen molar-refractivity contribution in [2.75, 3.05) is 6.54 Å². The number of benzene rings is 1. The Morgan fingerprint density at radius 1 is 1.22 bits per heavy atom. The van der Waals surface area contributed by atoms with Gasteiger partial charge < -0.3 is 15.4 Å². The Morgan fingerprint density at radius 2 is 1.91 bits per heavy atom. The number of alkyl carbamates (subject to hydrolysis) is 1. The van der Waals surface area contributed by atoms with E-state index in [-0.39, 0.29) is 31.4 Å². The number of hydrogen-bond acceptors (Lipinski definition) is 4. The summed E-state index contributed by atoms with van der Waals surface area (Å²) >= 11 is 0. The van der Waals surface area contributed by atoms with Gasteiger partial charge in [-0.3, -0.25) is 9.59 Å². The zero-order valence-electron chi connectivity index (χ0n) is 13.5. The molecule has 6 heteroatoms. The molecule has 1 aromatic carbocycles. The molecule has 0 aliphatic heterocycles.